The fourth-order valence-electron chi connectivity index (χ4n) is 3.36. The van der Waals surface area contributed by atoms with Gasteiger partial charge in [-0.05, 0) is 49.1 Å². The lowest BCUT2D eigenvalue weighted by Crippen LogP contribution is -2.38. The maximum Gasteiger partial charge on any atom is 0.224 e. The molecule has 7 heteroatoms. The van der Waals surface area contributed by atoms with Crippen molar-refractivity contribution in [2.45, 2.75) is 39.7 Å². The Morgan fingerprint density at radius 2 is 1.90 bits per heavy atom. The quantitative estimate of drug-likeness (QED) is 0.181. The molecule has 0 radical (unpaired) electrons. The lowest BCUT2D eigenvalue weighted by atomic mass is 10.1. The summed E-state index contributed by atoms with van der Waals surface area (Å²) in [4.78, 5) is 19.8. The molecule has 0 bridgehead atoms. The van der Waals surface area contributed by atoms with E-state index in [9.17, 15) is 4.79 Å². The van der Waals surface area contributed by atoms with Crippen LogP contribution in [-0.2, 0) is 17.8 Å². The topological polar surface area (TPSA) is 81.3 Å². The van der Waals surface area contributed by atoms with Gasteiger partial charge in [0.1, 0.15) is 0 Å². The molecule has 0 aliphatic carbocycles. The second kappa shape index (κ2) is 13.0. The van der Waals surface area contributed by atoms with Crippen molar-refractivity contribution in [2.75, 3.05) is 18.4 Å². The van der Waals surface area contributed by atoms with Crippen LogP contribution in [0.4, 0.5) is 5.69 Å². The zero-order valence-corrected chi connectivity index (χ0v) is 20.5. The summed E-state index contributed by atoms with van der Waals surface area (Å²) in [5.74, 6) is 0.836. The molecule has 0 atom stereocenters. The largest absolute Gasteiger partial charge is 0.361 e. The maximum atomic E-state index is 11.8. The van der Waals surface area contributed by atoms with Crippen molar-refractivity contribution >= 4 is 52.4 Å². The number of amides is 1. The van der Waals surface area contributed by atoms with Gasteiger partial charge in [-0.15, -0.1) is 24.0 Å². The molecule has 1 heterocycles. The van der Waals surface area contributed by atoms with Gasteiger partial charge in [-0.2, -0.15) is 0 Å². The standard InChI is InChI=1S/C24H31N5O.HI/c1-3-8-23(30)29-20-10-7-9-18(15-20)16-28-24(25-4-2)26-14-13-19-17-27-22-12-6-5-11-21(19)22;/h5-7,9-12,15,17,27H,3-4,8,13-14,16H2,1-2H3,(H,29,30)(H2,25,26,28);1H. The molecule has 1 amide bonds. The van der Waals surface area contributed by atoms with Crippen molar-refractivity contribution in [1.29, 1.82) is 0 Å². The van der Waals surface area contributed by atoms with Crippen LogP contribution in [0.2, 0.25) is 0 Å². The number of carbonyl (C=O) groups is 1. The molecule has 3 aromatic rings. The second-order valence-corrected chi connectivity index (χ2v) is 7.23. The number of aromatic nitrogens is 1. The summed E-state index contributed by atoms with van der Waals surface area (Å²) in [7, 11) is 0. The third-order valence-electron chi connectivity index (χ3n) is 4.81. The second-order valence-electron chi connectivity index (χ2n) is 7.23. The molecule has 0 aliphatic heterocycles. The number of anilines is 1. The van der Waals surface area contributed by atoms with Gasteiger partial charge in [0.15, 0.2) is 5.96 Å². The molecule has 0 saturated heterocycles. The Hall–Kier alpha value is -2.55. The minimum Gasteiger partial charge on any atom is -0.361 e. The number of aromatic amines is 1. The van der Waals surface area contributed by atoms with Crippen LogP contribution >= 0.6 is 24.0 Å². The Morgan fingerprint density at radius 1 is 1.06 bits per heavy atom. The van der Waals surface area contributed by atoms with E-state index in [0.29, 0.717) is 13.0 Å². The van der Waals surface area contributed by atoms with Gasteiger partial charge in [0.2, 0.25) is 5.91 Å². The average molecular weight is 533 g/mol. The summed E-state index contributed by atoms with van der Waals surface area (Å²) in [6.45, 7) is 6.19. The summed E-state index contributed by atoms with van der Waals surface area (Å²) in [5.41, 5.74) is 4.33. The first-order valence-electron chi connectivity index (χ1n) is 10.7. The van der Waals surface area contributed by atoms with Crippen molar-refractivity contribution in [3.05, 3.63) is 65.9 Å². The molecule has 0 spiro atoms. The lowest BCUT2D eigenvalue weighted by molar-refractivity contribution is -0.116. The number of rotatable bonds is 9. The highest BCUT2D eigenvalue weighted by Crippen LogP contribution is 2.17. The van der Waals surface area contributed by atoms with Gasteiger partial charge in [0.25, 0.3) is 0 Å². The number of aliphatic imine (C=N–C) groups is 1. The first-order chi connectivity index (χ1) is 14.7. The Balaban J connectivity index is 0.00000341. The number of benzene rings is 2. The molecule has 1 aromatic heterocycles. The normalized spacial score (nSPS) is 11.1. The predicted molar refractivity (Wildman–Crippen MR) is 140 cm³/mol. The minimum absolute atomic E-state index is 0. The van der Waals surface area contributed by atoms with E-state index < -0.39 is 0 Å². The van der Waals surface area contributed by atoms with E-state index in [-0.39, 0.29) is 29.9 Å². The molecule has 3 rings (SSSR count). The third-order valence-corrected chi connectivity index (χ3v) is 4.81. The van der Waals surface area contributed by atoms with Crippen molar-refractivity contribution in [3.8, 4) is 0 Å². The molecular formula is C24H32IN5O. The fourth-order valence-corrected chi connectivity index (χ4v) is 3.36. The van der Waals surface area contributed by atoms with Crippen molar-refractivity contribution in [1.82, 2.24) is 15.6 Å². The monoisotopic (exact) mass is 533 g/mol. The summed E-state index contributed by atoms with van der Waals surface area (Å²) in [6.07, 6.45) is 4.36. The minimum atomic E-state index is 0. The molecule has 0 fully saturated rings. The molecule has 4 N–H and O–H groups in total. The molecule has 31 heavy (non-hydrogen) atoms. The highest BCUT2D eigenvalue weighted by molar-refractivity contribution is 14.0. The number of hydrogen-bond donors (Lipinski definition) is 4. The van der Waals surface area contributed by atoms with Crippen LogP contribution in [0.5, 0.6) is 0 Å². The SMILES string of the molecule is CCCC(=O)Nc1cccc(CN=C(NCC)NCCc2c[nH]c3ccccc23)c1.I. The van der Waals surface area contributed by atoms with Gasteiger partial charge in [-0.3, -0.25) is 4.79 Å². The van der Waals surface area contributed by atoms with Crippen LogP contribution in [0, 0.1) is 0 Å². The molecule has 0 aliphatic rings. The van der Waals surface area contributed by atoms with Gasteiger partial charge in [0, 0.05) is 42.3 Å². The lowest BCUT2D eigenvalue weighted by Gasteiger charge is -2.11. The van der Waals surface area contributed by atoms with E-state index in [2.05, 4.69) is 52.3 Å². The van der Waals surface area contributed by atoms with E-state index in [0.717, 1.165) is 43.1 Å². The van der Waals surface area contributed by atoms with Crippen molar-refractivity contribution < 1.29 is 4.79 Å². The fraction of sp³-hybridized carbons (Fsp3) is 0.333. The number of hydrogen-bond acceptors (Lipinski definition) is 2. The number of guanidine groups is 1. The Labute approximate surface area is 201 Å². The van der Waals surface area contributed by atoms with Crippen LogP contribution in [0.15, 0.2) is 59.7 Å². The molecule has 0 unspecified atom stereocenters. The number of para-hydroxylation sites is 1. The van der Waals surface area contributed by atoms with Crippen molar-refractivity contribution in [3.63, 3.8) is 0 Å². The molecular weight excluding hydrogens is 501 g/mol. The summed E-state index contributed by atoms with van der Waals surface area (Å²) < 4.78 is 0. The number of halogens is 1. The van der Waals surface area contributed by atoms with Crippen molar-refractivity contribution in [2.24, 2.45) is 4.99 Å². The van der Waals surface area contributed by atoms with Crippen LogP contribution < -0.4 is 16.0 Å². The zero-order valence-electron chi connectivity index (χ0n) is 18.2. The third kappa shape index (κ3) is 7.57. The van der Waals surface area contributed by atoms with E-state index in [1.165, 1.54) is 16.5 Å². The summed E-state index contributed by atoms with van der Waals surface area (Å²) >= 11 is 0. The number of carbonyl (C=O) groups excluding carboxylic acids is 1. The Kier molecular flexibility index (Phi) is 10.4. The van der Waals surface area contributed by atoms with E-state index in [1.54, 1.807) is 0 Å². The van der Waals surface area contributed by atoms with E-state index >= 15 is 0 Å². The highest BCUT2D eigenvalue weighted by Gasteiger charge is 2.05. The Bertz CT molecular complexity index is 998. The predicted octanol–water partition coefficient (Wildman–Crippen LogP) is 4.82. The molecule has 0 saturated carbocycles. The van der Waals surface area contributed by atoms with E-state index in [1.807, 2.05) is 37.3 Å². The highest BCUT2D eigenvalue weighted by atomic mass is 127. The van der Waals surface area contributed by atoms with Gasteiger partial charge < -0.3 is 20.9 Å². The number of fused-ring (bicyclic) bond motifs is 1. The van der Waals surface area contributed by atoms with Crippen LogP contribution in [0.1, 0.15) is 37.8 Å². The average Bonchev–Trinajstić information content (AvgIpc) is 3.16. The van der Waals surface area contributed by atoms with Gasteiger partial charge in [-0.1, -0.05) is 37.3 Å². The van der Waals surface area contributed by atoms with Gasteiger partial charge in [0.05, 0.1) is 6.54 Å². The van der Waals surface area contributed by atoms with Gasteiger partial charge in [-0.25, -0.2) is 4.99 Å². The molecule has 2 aromatic carbocycles. The number of nitrogens with zero attached hydrogens (tertiary/aromatic N) is 1. The molecule has 166 valence electrons. The van der Waals surface area contributed by atoms with Gasteiger partial charge >= 0.3 is 0 Å². The number of nitrogens with one attached hydrogen (secondary N) is 4. The summed E-state index contributed by atoms with van der Waals surface area (Å²) in [5, 5.41) is 10.9. The smallest absolute Gasteiger partial charge is 0.224 e. The first-order valence-corrected chi connectivity index (χ1v) is 10.7. The Morgan fingerprint density at radius 3 is 2.71 bits per heavy atom. The maximum absolute atomic E-state index is 11.8. The summed E-state index contributed by atoms with van der Waals surface area (Å²) in [6, 6.07) is 16.2. The number of H-pyrrole nitrogens is 1. The first kappa shape index (κ1) is 24.7. The van der Waals surface area contributed by atoms with Crippen LogP contribution in [-0.4, -0.2) is 29.9 Å². The van der Waals surface area contributed by atoms with Crippen LogP contribution in [0.3, 0.4) is 0 Å². The van der Waals surface area contributed by atoms with E-state index in [4.69, 9.17) is 4.99 Å². The molecule has 6 nitrogen and oxygen atoms in total. The van der Waals surface area contributed by atoms with Crippen LogP contribution in [0.25, 0.3) is 10.9 Å². The zero-order chi connectivity index (χ0) is 21.2.